The standard InChI is InChI=1S/C33H28N2O5/c1-3-28(31(36)34-23-18-20-25(21-19-23)39-24-14-8-5-9-15-24)40-33(38)30-29(22-12-6-4-7-13-22)26-16-10-11-17-27(26)32(37)35(30)2/h4-21,28H,3H2,1-2H3,(H,34,36). The molecule has 0 aliphatic rings. The number of ether oxygens (including phenoxy) is 2. The topological polar surface area (TPSA) is 86.6 Å². The number of hydrogen-bond donors (Lipinski definition) is 1. The predicted molar refractivity (Wildman–Crippen MR) is 156 cm³/mol. The minimum Gasteiger partial charge on any atom is -0.457 e. The molecular formula is C33H28N2O5. The third-order valence-electron chi connectivity index (χ3n) is 6.57. The zero-order chi connectivity index (χ0) is 28.1. The molecule has 1 aromatic heterocycles. The smallest absolute Gasteiger partial charge is 0.356 e. The zero-order valence-electron chi connectivity index (χ0n) is 22.2. The second-order valence-corrected chi connectivity index (χ2v) is 9.23. The molecule has 0 fully saturated rings. The van der Waals surface area contributed by atoms with E-state index in [0.29, 0.717) is 33.5 Å². The lowest BCUT2D eigenvalue weighted by Crippen LogP contribution is -2.34. The molecule has 1 atom stereocenters. The predicted octanol–water partition coefficient (Wildman–Crippen LogP) is 6.57. The van der Waals surface area contributed by atoms with Crippen LogP contribution in [-0.2, 0) is 16.6 Å². The summed E-state index contributed by atoms with van der Waals surface area (Å²) in [5.41, 5.74) is 1.63. The molecule has 4 aromatic carbocycles. The van der Waals surface area contributed by atoms with Crippen molar-refractivity contribution in [3.05, 3.63) is 125 Å². The van der Waals surface area contributed by atoms with Gasteiger partial charge in [0.2, 0.25) is 0 Å². The number of hydrogen-bond acceptors (Lipinski definition) is 5. The van der Waals surface area contributed by atoms with Gasteiger partial charge >= 0.3 is 5.97 Å². The van der Waals surface area contributed by atoms with Gasteiger partial charge in [-0.25, -0.2) is 4.79 Å². The van der Waals surface area contributed by atoms with Gasteiger partial charge in [0.15, 0.2) is 6.10 Å². The Morgan fingerprint density at radius 2 is 1.35 bits per heavy atom. The van der Waals surface area contributed by atoms with Crippen molar-refractivity contribution in [3.8, 4) is 22.6 Å². The number of anilines is 1. The van der Waals surface area contributed by atoms with Gasteiger partial charge in [-0.2, -0.15) is 0 Å². The van der Waals surface area contributed by atoms with Crippen LogP contribution in [0.4, 0.5) is 5.69 Å². The minimum atomic E-state index is -1.07. The molecule has 5 rings (SSSR count). The quantitative estimate of drug-likeness (QED) is 0.228. The third kappa shape index (κ3) is 5.49. The molecule has 1 heterocycles. The number of nitrogens with zero attached hydrogens (tertiary/aromatic N) is 1. The highest BCUT2D eigenvalue weighted by atomic mass is 16.5. The zero-order valence-corrected chi connectivity index (χ0v) is 22.2. The Balaban J connectivity index is 1.39. The van der Waals surface area contributed by atoms with E-state index in [0.717, 1.165) is 5.56 Å². The Kier molecular flexibility index (Phi) is 7.73. The number of carbonyl (C=O) groups is 2. The summed E-state index contributed by atoms with van der Waals surface area (Å²) in [5, 5.41) is 3.93. The number of esters is 1. The molecule has 1 amide bonds. The fourth-order valence-electron chi connectivity index (χ4n) is 4.56. The number of benzene rings is 4. The van der Waals surface area contributed by atoms with Gasteiger partial charge in [0.1, 0.15) is 17.2 Å². The maximum atomic E-state index is 13.6. The van der Waals surface area contributed by atoms with Crippen molar-refractivity contribution in [2.45, 2.75) is 19.4 Å². The lowest BCUT2D eigenvalue weighted by Gasteiger charge is -2.20. The summed E-state index contributed by atoms with van der Waals surface area (Å²) in [4.78, 5) is 39.9. The molecule has 40 heavy (non-hydrogen) atoms. The SMILES string of the molecule is CCC(OC(=O)c1c(-c2ccccc2)c2ccccc2c(=O)n1C)C(=O)Nc1ccc(Oc2ccccc2)cc1. The fraction of sp³-hybridized carbons (Fsp3) is 0.121. The average Bonchev–Trinajstić information content (AvgIpc) is 2.99. The van der Waals surface area contributed by atoms with Gasteiger partial charge in [-0.05, 0) is 59.8 Å². The molecule has 5 aromatic rings. The van der Waals surface area contributed by atoms with E-state index in [1.54, 1.807) is 43.3 Å². The molecule has 0 aliphatic heterocycles. The number of amides is 1. The van der Waals surface area contributed by atoms with E-state index in [1.165, 1.54) is 11.6 Å². The highest BCUT2D eigenvalue weighted by Crippen LogP contribution is 2.31. The van der Waals surface area contributed by atoms with Crippen molar-refractivity contribution in [1.82, 2.24) is 4.57 Å². The first kappa shape index (κ1) is 26.4. The minimum absolute atomic E-state index is 0.0866. The van der Waals surface area contributed by atoms with Gasteiger partial charge in [-0.1, -0.05) is 73.7 Å². The molecular weight excluding hydrogens is 504 g/mol. The van der Waals surface area contributed by atoms with Crippen LogP contribution in [-0.4, -0.2) is 22.5 Å². The number of carbonyl (C=O) groups excluding carboxylic acids is 2. The summed E-state index contributed by atoms with van der Waals surface area (Å²) < 4.78 is 12.8. The average molecular weight is 533 g/mol. The van der Waals surface area contributed by atoms with Crippen molar-refractivity contribution in [2.24, 2.45) is 7.05 Å². The number of fused-ring (bicyclic) bond motifs is 1. The second kappa shape index (κ2) is 11.7. The number of para-hydroxylation sites is 1. The summed E-state index contributed by atoms with van der Waals surface area (Å²) in [6.07, 6.45) is -0.826. The van der Waals surface area contributed by atoms with E-state index in [2.05, 4.69) is 5.32 Å². The maximum Gasteiger partial charge on any atom is 0.356 e. The molecule has 1 unspecified atom stereocenters. The molecule has 0 bridgehead atoms. The molecule has 0 saturated heterocycles. The molecule has 0 radical (unpaired) electrons. The van der Waals surface area contributed by atoms with Crippen LogP contribution >= 0.6 is 0 Å². The van der Waals surface area contributed by atoms with E-state index in [1.807, 2.05) is 72.8 Å². The van der Waals surface area contributed by atoms with Crippen molar-refractivity contribution in [3.63, 3.8) is 0 Å². The van der Waals surface area contributed by atoms with Crippen LogP contribution in [0.2, 0.25) is 0 Å². The van der Waals surface area contributed by atoms with E-state index >= 15 is 0 Å². The van der Waals surface area contributed by atoms with E-state index < -0.39 is 18.0 Å². The summed E-state index contributed by atoms with van der Waals surface area (Å²) in [5.74, 6) is 0.0981. The molecule has 0 aliphatic carbocycles. The van der Waals surface area contributed by atoms with Gasteiger partial charge < -0.3 is 19.4 Å². The second-order valence-electron chi connectivity index (χ2n) is 9.23. The maximum absolute atomic E-state index is 13.6. The first-order valence-corrected chi connectivity index (χ1v) is 13.0. The van der Waals surface area contributed by atoms with Gasteiger partial charge in [-0.15, -0.1) is 0 Å². The first-order chi connectivity index (χ1) is 19.5. The van der Waals surface area contributed by atoms with Gasteiger partial charge in [0, 0.05) is 23.7 Å². The lowest BCUT2D eigenvalue weighted by atomic mass is 9.97. The monoisotopic (exact) mass is 532 g/mol. The van der Waals surface area contributed by atoms with Crippen molar-refractivity contribution < 1.29 is 19.1 Å². The van der Waals surface area contributed by atoms with Crippen LogP contribution in [0.25, 0.3) is 21.9 Å². The van der Waals surface area contributed by atoms with Gasteiger partial charge in [0.05, 0.1) is 0 Å². The molecule has 1 N–H and O–H groups in total. The van der Waals surface area contributed by atoms with E-state index in [4.69, 9.17) is 9.47 Å². The van der Waals surface area contributed by atoms with Crippen LogP contribution in [0.15, 0.2) is 114 Å². The van der Waals surface area contributed by atoms with Crippen molar-refractivity contribution in [2.75, 3.05) is 5.32 Å². The van der Waals surface area contributed by atoms with Crippen LogP contribution in [0.3, 0.4) is 0 Å². The van der Waals surface area contributed by atoms with Crippen molar-refractivity contribution >= 4 is 28.3 Å². The lowest BCUT2D eigenvalue weighted by molar-refractivity contribution is -0.124. The first-order valence-electron chi connectivity index (χ1n) is 13.0. The highest BCUT2D eigenvalue weighted by molar-refractivity contribution is 6.07. The third-order valence-corrected chi connectivity index (χ3v) is 6.57. The van der Waals surface area contributed by atoms with E-state index in [-0.39, 0.29) is 17.7 Å². The summed E-state index contributed by atoms with van der Waals surface area (Å²) >= 11 is 0. The summed E-state index contributed by atoms with van der Waals surface area (Å²) in [6, 6.07) is 32.8. The van der Waals surface area contributed by atoms with Crippen LogP contribution in [0, 0.1) is 0 Å². The van der Waals surface area contributed by atoms with Crippen LogP contribution in [0.5, 0.6) is 11.5 Å². The summed E-state index contributed by atoms with van der Waals surface area (Å²) in [7, 11) is 1.54. The van der Waals surface area contributed by atoms with Crippen LogP contribution < -0.4 is 15.6 Å². The molecule has 200 valence electrons. The number of pyridine rings is 1. The van der Waals surface area contributed by atoms with Crippen molar-refractivity contribution in [1.29, 1.82) is 0 Å². The molecule has 7 nitrogen and oxygen atoms in total. The molecule has 7 heteroatoms. The van der Waals surface area contributed by atoms with Gasteiger partial charge in [-0.3, -0.25) is 9.59 Å². The normalized spacial score (nSPS) is 11.6. The largest absolute Gasteiger partial charge is 0.457 e. The Bertz CT molecular complexity index is 1710. The number of nitrogens with one attached hydrogen (secondary N) is 1. The fourth-order valence-corrected chi connectivity index (χ4v) is 4.56. The molecule has 0 spiro atoms. The Labute approximate surface area is 231 Å². The summed E-state index contributed by atoms with van der Waals surface area (Å²) in [6.45, 7) is 1.76. The number of aromatic nitrogens is 1. The Morgan fingerprint density at radius 1 is 0.775 bits per heavy atom. The van der Waals surface area contributed by atoms with E-state index in [9.17, 15) is 14.4 Å². The Morgan fingerprint density at radius 3 is 2.00 bits per heavy atom. The Hall–Kier alpha value is -5.17. The number of rotatable bonds is 8. The van der Waals surface area contributed by atoms with Gasteiger partial charge in [0.25, 0.3) is 11.5 Å². The highest BCUT2D eigenvalue weighted by Gasteiger charge is 2.27. The van der Waals surface area contributed by atoms with Crippen LogP contribution in [0.1, 0.15) is 23.8 Å². The molecule has 0 saturated carbocycles.